The number of rotatable bonds is 6. The fourth-order valence-electron chi connectivity index (χ4n) is 2.48. The van der Waals surface area contributed by atoms with Crippen LogP contribution in [0.2, 0.25) is 0 Å². The molecule has 0 atom stereocenters. The van der Waals surface area contributed by atoms with Crippen molar-refractivity contribution < 1.29 is 17.9 Å². The van der Waals surface area contributed by atoms with Crippen molar-refractivity contribution in [2.45, 2.75) is 17.7 Å². The lowest BCUT2D eigenvalue weighted by Crippen LogP contribution is -2.50. The molecule has 1 aliphatic heterocycles. The largest absolute Gasteiger partial charge is 0.385 e. The van der Waals surface area contributed by atoms with E-state index in [0.29, 0.717) is 45.6 Å². The molecule has 0 unspecified atom stereocenters. The van der Waals surface area contributed by atoms with E-state index < -0.39 is 10.0 Å². The van der Waals surface area contributed by atoms with Gasteiger partial charge in [-0.25, -0.2) is 8.42 Å². The van der Waals surface area contributed by atoms with Gasteiger partial charge >= 0.3 is 0 Å². The highest BCUT2D eigenvalue weighted by atomic mass is 79.9. The number of benzene rings is 1. The minimum Gasteiger partial charge on any atom is -0.385 e. The number of sulfonamides is 1. The molecule has 23 heavy (non-hydrogen) atoms. The van der Waals surface area contributed by atoms with Crippen LogP contribution in [-0.4, -0.2) is 63.4 Å². The normalized spacial score (nSPS) is 16.5. The topological polar surface area (TPSA) is 66.9 Å². The van der Waals surface area contributed by atoms with E-state index in [1.54, 1.807) is 36.3 Å². The Morgan fingerprint density at radius 1 is 1.26 bits per heavy atom. The van der Waals surface area contributed by atoms with Crippen LogP contribution in [0.3, 0.4) is 0 Å². The van der Waals surface area contributed by atoms with Crippen molar-refractivity contribution in [3.8, 4) is 0 Å². The zero-order valence-corrected chi connectivity index (χ0v) is 15.5. The number of methoxy groups -OCH3 is 1. The predicted octanol–water partition coefficient (Wildman–Crippen LogP) is 1.71. The van der Waals surface area contributed by atoms with Gasteiger partial charge < -0.3 is 9.64 Å². The Hall–Kier alpha value is -0.960. The Morgan fingerprint density at radius 3 is 2.57 bits per heavy atom. The van der Waals surface area contributed by atoms with Crippen molar-refractivity contribution >= 4 is 31.9 Å². The van der Waals surface area contributed by atoms with Crippen LogP contribution in [0.15, 0.2) is 33.6 Å². The van der Waals surface area contributed by atoms with Gasteiger partial charge in [-0.15, -0.1) is 0 Å². The molecule has 0 spiro atoms. The number of amides is 1. The van der Waals surface area contributed by atoms with Gasteiger partial charge in [-0.2, -0.15) is 4.31 Å². The molecule has 1 amide bonds. The molecule has 1 aromatic carbocycles. The zero-order chi connectivity index (χ0) is 16.9. The van der Waals surface area contributed by atoms with Gasteiger partial charge in [0.25, 0.3) is 0 Å². The van der Waals surface area contributed by atoms with Crippen molar-refractivity contribution in [3.63, 3.8) is 0 Å². The second-order valence-corrected chi connectivity index (χ2v) is 8.19. The summed E-state index contributed by atoms with van der Waals surface area (Å²) in [5, 5.41) is 0. The van der Waals surface area contributed by atoms with Gasteiger partial charge in [0.05, 0.1) is 4.90 Å². The number of hydrogen-bond donors (Lipinski definition) is 0. The molecule has 1 aromatic rings. The van der Waals surface area contributed by atoms with Crippen molar-refractivity contribution in [1.29, 1.82) is 0 Å². The summed E-state index contributed by atoms with van der Waals surface area (Å²) in [6, 6.07) is 6.67. The van der Waals surface area contributed by atoms with E-state index >= 15 is 0 Å². The van der Waals surface area contributed by atoms with Crippen LogP contribution in [0.5, 0.6) is 0 Å². The molecule has 128 valence electrons. The van der Waals surface area contributed by atoms with Crippen LogP contribution in [0, 0.1) is 0 Å². The highest BCUT2D eigenvalue weighted by molar-refractivity contribution is 9.10. The van der Waals surface area contributed by atoms with Gasteiger partial charge in [0.2, 0.25) is 15.9 Å². The number of ether oxygens (including phenoxy) is 1. The number of carbonyl (C=O) groups excluding carboxylic acids is 1. The summed E-state index contributed by atoms with van der Waals surface area (Å²) >= 11 is 3.29. The minimum absolute atomic E-state index is 0.0570. The summed E-state index contributed by atoms with van der Waals surface area (Å²) in [6.45, 7) is 2.07. The lowest BCUT2D eigenvalue weighted by molar-refractivity contribution is -0.132. The molecule has 8 heteroatoms. The molecular formula is C15H21BrN2O4S. The molecule has 0 radical (unpaired) electrons. The first-order valence-corrected chi connectivity index (χ1v) is 9.71. The van der Waals surface area contributed by atoms with E-state index in [4.69, 9.17) is 4.74 Å². The number of halogens is 1. The van der Waals surface area contributed by atoms with Crippen molar-refractivity contribution in [2.75, 3.05) is 39.9 Å². The fraction of sp³-hybridized carbons (Fsp3) is 0.533. The number of piperazine rings is 1. The monoisotopic (exact) mass is 404 g/mol. The summed E-state index contributed by atoms with van der Waals surface area (Å²) in [4.78, 5) is 14.0. The van der Waals surface area contributed by atoms with E-state index in [1.165, 1.54) is 4.31 Å². The Morgan fingerprint density at radius 2 is 1.96 bits per heavy atom. The summed E-state index contributed by atoms with van der Waals surface area (Å²) in [5.74, 6) is 0.0570. The highest BCUT2D eigenvalue weighted by Crippen LogP contribution is 2.21. The second kappa shape index (κ2) is 8.23. The first-order valence-electron chi connectivity index (χ1n) is 7.47. The van der Waals surface area contributed by atoms with Crippen LogP contribution in [-0.2, 0) is 19.6 Å². The molecule has 6 nitrogen and oxygen atoms in total. The van der Waals surface area contributed by atoms with Crippen molar-refractivity contribution in [3.05, 3.63) is 28.7 Å². The van der Waals surface area contributed by atoms with Crippen LogP contribution in [0.1, 0.15) is 12.8 Å². The molecule has 0 aliphatic carbocycles. The maximum absolute atomic E-state index is 12.6. The zero-order valence-electron chi connectivity index (χ0n) is 13.1. The fourth-order valence-corrected chi connectivity index (χ4v) is 4.50. The molecular weight excluding hydrogens is 384 g/mol. The smallest absolute Gasteiger partial charge is 0.243 e. The summed E-state index contributed by atoms with van der Waals surface area (Å²) in [6.07, 6.45) is 1.12. The first kappa shape index (κ1) is 18.4. The Labute approximate surface area is 145 Å². The molecule has 1 heterocycles. The number of hydrogen-bond acceptors (Lipinski definition) is 4. The molecule has 1 aliphatic rings. The molecule has 1 fully saturated rings. The van der Waals surface area contributed by atoms with Gasteiger partial charge in [0, 0.05) is 50.8 Å². The average molecular weight is 405 g/mol. The second-order valence-electron chi connectivity index (χ2n) is 5.34. The third-order valence-electron chi connectivity index (χ3n) is 3.76. The SMILES string of the molecule is COCCCC(=O)N1CCN(S(=O)(=O)c2cccc(Br)c2)CC1. The predicted molar refractivity (Wildman–Crippen MR) is 90.6 cm³/mol. The maximum atomic E-state index is 12.6. The van der Waals surface area contributed by atoms with Crippen molar-refractivity contribution in [1.82, 2.24) is 9.21 Å². The van der Waals surface area contributed by atoms with Gasteiger partial charge in [0.1, 0.15) is 0 Å². The maximum Gasteiger partial charge on any atom is 0.243 e. The minimum atomic E-state index is -3.51. The van der Waals surface area contributed by atoms with E-state index in [2.05, 4.69) is 15.9 Å². The van der Waals surface area contributed by atoms with E-state index in [-0.39, 0.29) is 10.8 Å². The molecule has 0 saturated carbocycles. The lowest BCUT2D eigenvalue weighted by Gasteiger charge is -2.34. The Kier molecular flexibility index (Phi) is 6.58. The summed E-state index contributed by atoms with van der Waals surface area (Å²) in [7, 11) is -1.90. The van der Waals surface area contributed by atoms with Gasteiger partial charge in [-0.3, -0.25) is 4.79 Å². The average Bonchev–Trinajstić information content (AvgIpc) is 2.55. The van der Waals surface area contributed by atoms with Gasteiger partial charge in [-0.1, -0.05) is 22.0 Å². The third kappa shape index (κ3) is 4.76. The summed E-state index contributed by atoms with van der Waals surface area (Å²) < 4.78 is 32.3. The Bertz CT molecular complexity index is 643. The van der Waals surface area contributed by atoms with Crippen LogP contribution >= 0.6 is 15.9 Å². The first-order chi connectivity index (χ1) is 10.9. The number of carbonyl (C=O) groups is 1. The van der Waals surface area contributed by atoms with Crippen LogP contribution < -0.4 is 0 Å². The molecule has 0 bridgehead atoms. The van der Waals surface area contributed by atoms with Crippen LogP contribution in [0.4, 0.5) is 0 Å². The molecule has 2 rings (SSSR count). The Balaban J connectivity index is 1.94. The van der Waals surface area contributed by atoms with Crippen LogP contribution in [0.25, 0.3) is 0 Å². The lowest BCUT2D eigenvalue weighted by atomic mass is 10.2. The molecule has 1 saturated heterocycles. The van der Waals surface area contributed by atoms with Crippen molar-refractivity contribution in [2.24, 2.45) is 0 Å². The quantitative estimate of drug-likeness (QED) is 0.676. The van der Waals surface area contributed by atoms with E-state index in [9.17, 15) is 13.2 Å². The summed E-state index contributed by atoms with van der Waals surface area (Å²) in [5.41, 5.74) is 0. The van der Waals surface area contributed by atoms with E-state index in [1.807, 2.05) is 0 Å². The standard InChI is InChI=1S/C15H21BrN2O4S/c1-22-11-3-6-15(19)17-7-9-18(10-8-17)23(20,21)14-5-2-4-13(16)12-14/h2,4-5,12H,3,6-11H2,1H3. The third-order valence-corrected chi connectivity index (χ3v) is 6.15. The highest BCUT2D eigenvalue weighted by Gasteiger charge is 2.29. The molecule has 0 N–H and O–H groups in total. The number of nitrogens with zero attached hydrogens (tertiary/aromatic N) is 2. The van der Waals surface area contributed by atoms with Gasteiger partial charge in [0.15, 0.2) is 0 Å². The van der Waals surface area contributed by atoms with E-state index in [0.717, 1.165) is 4.47 Å². The molecule has 0 aromatic heterocycles. The van der Waals surface area contributed by atoms with Gasteiger partial charge in [-0.05, 0) is 24.6 Å².